The van der Waals surface area contributed by atoms with Gasteiger partial charge >= 0.3 is 0 Å². The summed E-state index contributed by atoms with van der Waals surface area (Å²) in [6, 6.07) is 14.1. The van der Waals surface area contributed by atoms with Gasteiger partial charge in [0.2, 0.25) is 0 Å². The van der Waals surface area contributed by atoms with Crippen molar-refractivity contribution in [3.63, 3.8) is 0 Å². The fraction of sp³-hybridized carbons (Fsp3) is 0.286. The summed E-state index contributed by atoms with van der Waals surface area (Å²) in [5.74, 6) is 0.826. The van der Waals surface area contributed by atoms with E-state index in [1.807, 2.05) is 30.3 Å². The first-order valence-corrected chi connectivity index (χ1v) is 6.09. The molecular weight excluding hydrogens is 234 g/mol. The van der Waals surface area contributed by atoms with Gasteiger partial charge in [-0.05, 0) is 24.7 Å². The van der Waals surface area contributed by atoms with Gasteiger partial charge in [0, 0.05) is 13.1 Å². The maximum atomic E-state index is 6.27. The first kappa shape index (κ1) is 12.2. The number of halogens is 1. The predicted molar refractivity (Wildman–Crippen MR) is 70.1 cm³/mol. The van der Waals surface area contributed by atoms with E-state index in [0.717, 1.165) is 18.8 Å². The topological polar surface area (TPSA) is 16.4 Å². The van der Waals surface area contributed by atoms with Crippen LogP contribution in [0.25, 0.3) is 0 Å². The van der Waals surface area contributed by atoms with Gasteiger partial charge < -0.3 is 9.32 Å². The molecule has 2 nitrogen and oxygen atoms in total. The molecule has 1 aromatic heterocycles. The number of benzene rings is 1. The summed E-state index contributed by atoms with van der Waals surface area (Å²) in [5.41, 5.74) is 1.29. The average molecular weight is 250 g/mol. The number of hydrogen-bond donors (Lipinski definition) is 0. The zero-order valence-electron chi connectivity index (χ0n) is 9.84. The minimum atomic E-state index is -0.0984. The Kier molecular flexibility index (Phi) is 4.24. The summed E-state index contributed by atoms with van der Waals surface area (Å²) in [6.45, 7) is 1.66. The molecular formula is C14H16ClNO. The van der Waals surface area contributed by atoms with Crippen LogP contribution in [0.3, 0.4) is 0 Å². The molecule has 0 saturated heterocycles. The molecule has 17 heavy (non-hydrogen) atoms. The third-order valence-corrected chi connectivity index (χ3v) is 2.97. The molecule has 0 radical (unpaired) electrons. The highest BCUT2D eigenvalue weighted by Gasteiger charge is 2.13. The molecule has 3 heteroatoms. The van der Waals surface area contributed by atoms with Crippen LogP contribution in [0, 0.1) is 0 Å². The van der Waals surface area contributed by atoms with E-state index in [9.17, 15) is 0 Å². The van der Waals surface area contributed by atoms with Crippen molar-refractivity contribution in [3.8, 4) is 0 Å². The highest BCUT2D eigenvalue weighted by atomic mass is 35.5. The van der Waals surface area contributed by atoms with Crippen LogP contribution < -0.4 is 0 Å². The fourth-order valence-corrected chi connectivity index (χ4v) is 2.15. The molecule has 1 heterocycles. The van der Waals surface area contributed by atoms with Crippen LogP contribution in [0.5, 0.6) is 0 Å². The van der Waals surface area contributed by atoms with Gasteiger partial charge in [0.05, 0.1) is 6.26 Å². The van der Waals surface area contributed by atoms with E-state index in [1.165, 1.54) is 5.56 Å². The summed E-state index contributed by atoms with van der Waals surface area (Å²) in [5, 5.41) is -0.0984. The maximum absolute atomic E-state index is 6.27. The zero-order chi connectivity index (χ0) is 12.1. The molecule has 0 fully saturated rings. The molecule has 0 aliphatic carbocycles. The van der Waals surface area contributed by atoms with E-state index in [2.05, 4.69) is 24.1 Å². The number of alkyl halides is 1. The van der Waals surface area contributed by atoms with Crippen molar-refractivity contribution >= 4 is 11.6 Å². The molecule has 0 aliphatic heterocycles. The maximum Gasteiger partial charge on any atom is 0.122 e. The number of likely N-dealkylation sites (N-methyl/N-ethyl adjacent to an activating group) is 1. The fourth-order valence-electron chi connectivity index (χ4n) is 1.79. The van der Waals surface area contributed by atoms with Crippen molar-refractivity contribution in [3.05, 3.63) is 60.1 Å². The summed E-state index contributed by atoms with van der Waals surface area (Å²) in [6.07, 6.45) is 1.65. The summed E-state index contributed by atoms with van der Waals surface area (Å²) < 4.78 is 5.29. The molecule has 1 atom stereocenters. The normalized spacial score (nSPS) is 12.9. The Hall–Kier alpha value is -1.25. The molecule has 1 aromatic carbocycles. The van der Waals surface area contributed by atoms with Crippen molar-refractivity contribution in [1.82, 2.24) is 4.90 Å². The molecule has 0 bridgehead atoms. The Morgan fingerprint density at radius 1 is 1.18 bits per heavy atom. The highest BCUT2D eigenvalue weighted by molar-refractivity contribution is 6.20. The molecule has 90 valence electrons. The number of rotatable bonds is 5. The van der Waals surface area contributed by atoms with Crippen molar-refractivity contribution < 1.29 is 4.42 Å². The Labute approximate surface area is 107 Å². The zero-order valence-corrected chi connectivity index (χ0v) is 10.6. The van der Waals surface area contributed by atoms with Gasteiger partial charge in [-0.2, -0.15) is 0 Å². The van der Waals surface area contributed by atoms with Crippen LogP contribution in [-0.2, 0) is 6.54 Å². The number of hydrogen-bond acceptors (Lipinski definition) is 2. The van der Waals surface area contributed by atoms with E-state index in [0.29, 0.717) is 0 Å². The molecule has 0 N–H and O–H groups in total. The van der Waals surface area contributed by atoms with E-state index in [1.54, 1.807) is 6.26 Å². The highest BCUT2D eigenvalue weighted by Crippen LogP contribution is 2.21. The lowest BCUT2D eigenvalue weighted by molar-refractivity contribution is 0.315. The minimum Gasteiger partial charge on any atom is -0.468 e. The first-order valence-electron chi connectivity index (χ1n) is 5.65. The van der Waals surface area contributed by atoms with Crippen molar-refractivity contribution in [2.75, 3.05) is 13.6 Å². The van der Waals surface area contributed by atoms with Crippen LogP contribution in [-0.4, -0.2) is 18.5 Å². The molecule has 2 rings (SSSR count). The van der Waals surface area contributed by atoms with Crippen molar-refractivity contribution in [2.24, 2.45) is 0 Å². The van der Waals surface area contributed by atoms with Gasteiger partial charge in [-0.3, -0.25) is 0 Å². The second kappa shape index (κ2) is 5.89. The molecule has 2 aromatic rings. The van der Waals surface area contributed by atoms with Crippen molar-refractivity contribution in [1.29, 1.82) is 0 Å². The van der Waals surface area contributed by atoms with Gasteiger partial charge in [-0.25, -0.2) is 0 Å². The molecule has 0 saturated carbocycles. The smallest absolute Gasteiger partial charge is 0.122 e. The summed E-state index contributed by atoms with van der Waals surface area (Å²) >= 11 is 6.27. The molecule has 0 aliphatic rings. The van der Waals surface area contributed by atoms with Gasteiger partial charge in [-0.1, -0.05) is 30.3 Å². The molecule has 0 amide bonds. The minimum absolute atomic E-state index is 0.0984. The number of nitrogens with zero attached hydrogens (tertiary/aromatic N) is 1. The second-order valence-electron chi connectivity index (χ2n) is 4.17. The Balaban J connectivity index is 1.87. The van der Waals surface area contributed by atoms with E-state index in [-0.39, 0.29) is 5.38 Å². The second-order valence-corrected chi connectivity index (χ2v) is 4.69. The average Bonchev–Trinajstić information content (AvgIpc) is 2.83. The van der Waals surface area contributed by atoms with Crippen LogP contribution in [0.4, 0.5) is 0 Å². The molecule has 0 spiro atoms. The van der Waals surface area contributed by atoms with Crippen LogP contribution >= 0.6 is 11.6 Å². The van der Waals surface area contributed by atoms with Crippen LogP contribution in [0.15, 0.2) is 53.1 Å². The standard InChI is InChI=1S/C14H16ClNO/c1-16(10-12-6-3-2-4-7-12)11-13(15)14-8-5-9-17-14/h2-9,13H,10-11H2,1H3. The largest absolute Gasteiger partial charge is 0.468 e. The summed E-state index contributed by atoms with van der Waals surface area (Å²) in [4.78, 5) is 2.19. The molecule has 1 unspecified atom stereocenters. The Morgan fingerprint density at radius 2 is 1.94 bits per heavy atom. The Morgan fingerprint density at radius 3 is 2.59 bits per heavy atom. The lowest BCUT2D eigenvalue weighted by Crippen LogP contribution is -2.22. The van der Waals surface area contributed by atoms with E-state index >= 15 is 0 Å². The van der Waals surface area contributed by atoms with Crippen LogP contribution in [0.2, 0.25) is 0 Å². The lowest BCUT2D eigenvalue weighted by atomic mass is 10.2. The number of furan rings is 1. The predicted octanol–water partition coefficient (Wildman–Crippen LogP) is 3.69. The van der Waals surface area contributed by atoms with Gasteiger partial charge in [0.1, 0.15) is 11.1 Å². The first-order chi connectivity index (χ1) is 8.25. The van der Waals surface area contributed by atoms with Gasteiger partial charge in [0.25, 0.3) is 0 Å². The Bertz CT molecular complexity index is 427. The third-order valence-electron chi connectivity index (χ3n) is 2.62. The lowest BCUT2D eigenvalue weighted by Gasteiger charge is -2.18. The monoisotopic (exact) mass is 249 g/mol. The van der Waals surface area contributed by atoms with E-state index in [4.69, 9.17) is 16.0 Å². The quantitative estimate of drug-likeness (QED) is 0.752. The van der Waals surface area contributed by atoms with Crippen molar-refractivity contribution in [2.45, 2.75) is 11.9 Å². The van der Waals surface area contributed by atoms with E-state index < -0.39 is 0 Å². The van der Waals surface area contributed by atoms with Gasteiger partial charge in [-0.15, -0.1) is 11.6 Å². The summed E-state index contributed by atoms with van der Waals surface area (Å²) in [7, 11) is 2.06. The van der Waals surface area contributed by atoms with Gasteiger partial charge in [0.15, 0.2) is 0 Å². The third kappa shape index (κ3) is 3.62. The van der Waals surface area contributed by atoms with Crippen LogP contribution in [0.1, 0.15) is 16.7 Å². The SMILES string of the molecule is CN(Cc1ccccc1)CC(Cl)c1ccco1.